The molecule has 0 bridgehead atoms. The number of fused-ring (bicyclic) bond motifs is 1. The summed E-state index contributed by atoms with van der Waals surface area (Å²) in [6, 6.07) is 18.1. The maximum atomic E-state index is 13.3. The minimum absolute atomic E-state index is 0.0458. The topological polar surface area (TPSA) is 50.6 Å². The Morgan fingerprint density at radius 2 is 1.93 bits per heavy atom. The van der Waals surface area contributed by atoms with Crippen molar-refractivity contribution in [3.05, 3.63) is 83.1 Å². The lowest BCUT2D eigenvalue weighted by Crippen LogP contribution is -2.60. The maximum Gasteiger partial charge on any atom is 0.255 e. The van der Waals surface area contributed by atoms with Gasteiger partial charge < -0.3 is 9.64 Å². The second-order valence-corrected chi connectivity index (χ2v) is 8.13. The monoisotopic (exact) mass is 422 g/mol. The summed E-state index contributed by atoms with van der Waals surface area (Å²) in [5, 5.41) is 4.70. The van der Waals surface area contributed by atoms with Gasteiger partial charge in [0.25, 0.3) is 5.91 Å². The highest BCUT2D eigenvalue weighted by Gasteiger charge is 2.38. The molecular formula is C23H23ClN4O2. The van der Waals surface area contributed by atoms with E-state index in [1.165, 1.54) is 5.56 Å². The van der Waals surface area contributed by atoms with Crippen molar-refractivity contribution < 1.29 is 9.53 Å². The molecule has 0 saturated carbocycles. The minimum Gasteiger partial charge on any atom is -0.378 e. The van der Waals surface area contributed by atoms with E-state index in [2.05, 4.69) is 34.3 Å². The summed E-state index contributed by atoms with van der Waals surface area (Å²) < 4.78 is 7.64. The van der Waals surface area contributed by atoms with Gasteiger partial charge in [-0.05, 0) is 29.8 Å². The Morgan fingerprint density at radius 1 is 1.07 bits per heavy atom. The van der Waals surface area contributed by atoms with Crippen LogP contribution in [0, 0.1) is 0 Å². The Labute approximate surface area is 180 Å². The number of rotatable bonds is 3. The van der Waals surface area contributed by atoms with Crippen molar-refractivity contribution >= 4 is 17.5 Å². The number of ether oxygens (including phenoxy) is 1. The Bertz CT molecular complexity index is 1020. The lowest BCUT2D eigenvalue weighted by molar-refractivity contribution is -0.0770. The van der Waals surface area contributed by atoms with Crippen LogP contribution in [-0.4, -0.2) is 64.4 Å². The van der Waals surface area contributed by atoms with Gasteiger partial charge in [-0.2, -0.15) is 5.10 Å². The van der Waals surface area contributed by atoms with E-state index in [1.54, 1.807) is 16.9 Å². The number of benzene rings is 2. The number of amides is 1. The molecule has 6 nitrogen and oxygen atoms in total. The molecule has 0 unspecified atom stereocenters. The largest absolute Gasteiger partial charge is 0.378 e. The summed E-state index contributed by atoms with van der Waals surface area (Å²) in [6.45, 7) is 3.43. The first kappa shape index (κ1) is 19.3. The molecule has 2 atom stereocenters. The number of carbonyl (C=O) groups excluding carboxylic acids is 1. The molecule has 1 aromatic heterocycles. The fourth-order valence-corrected chi connectivity index (χ4v) is 4.60. The molecule has 0 spiro atoms. The fourth-order valence-electron chi connectivity index (χ4n) is 4.40. The number of halogens is 1. The first-order chi connectivity index (χ1) is 14.7. The van der Waals surface area contributed by atoms with Crippen molar-refractivity contribution in [2.24, 2.45) is 0 Å². The number of morpholine rings is 1. The van der Waals surface area contributed by atoms with Crippen LogP contribution < -0.4 is 0 Å². The summed E-state index contributed by atoms with van der Waals surface area (Å²) >= 11 is 6.40. The van der Waals surface area contributed by atoms with E-state index in [9.17, 15) is 4.79 Å². The molecule has 154 valence electrons. The van der Waals surface area contributed by atoms with Gasteiger partial charge in [-0.3, -0.25) is 9.69 Å². The minimum atomic E-state index is -0.0458. The van der Waals surface area contributed by atoms with Crippen molar-refractivity contribution in [3.63, 3.8) is 0 Å². The van der Waals surface area contributed by atoms with Crippen LogP contribution in [0.2, 0.25) is 5.02 Å². The fraction of sp³-hybridized carbons (Fsp3) is 0.304. The van der Waals surface area contributed by atoms with Crippen LogP contribution >= 0.6 is 11.6 Å². The average molecular weight is 423 g/mol. The number of hydrogen-bond donors (Lipinski definition) is 0. The number of aromatic nitrogens is 2. The zero-order valence-electron chi connectivity index (χ0n) is 16.5. The SMILES string of the molecule is O=C(c1cc(-n2cccn2)ccc1Cl)N1CCN2[C@@H](COC[C@@H]2c2ccccc2)C1. The van der Waals surface area contributed by atoms with Crippen molar-refractivity contribution in [1.29, 1.82) is 0 Å². The summed E-state index contributed by atoms with van der Waals surface area (Å²) in [4.78, 5) is 17.7. The molecule has 2 aliphatic heterocycles. The first-order valence-electron chi connectivity index (χ1n) is 10.2. The Morgan fingerprint density at radius 3 is 2.73 bits per heavy atom. The lowest BCUT2D eigenvalue weighted by atomic mass is 10.00. The van der Waals surface area contributed by atoms with Crippen molar-refractivity contribution in [3.8, 4) is 5.69 Å². The van der Waals surface area contributed by atoms with E-state index in [4.69, 9.17) is 16.3 Å². The third-order valence-corrected chi connectivity index (χ3v) is 6.27. The third kappa shape index (κ3) is 3.62. The van der Waals surface area contributed by atoms with Gasteiger partial charge >= 0.3 is 0 Å². The molecule has 2 aromatic carbocycles. The van der Waals surface area contributed by atoms with E-state index >= 15 is 0 Å². The predicted octanol–water partition coefficient (Wildman–Crippen LogP) is 3.42. The molecule has 2 fully saturated rings. The molecule has 7 heteroatoms. The normalized spacial score (nSPS) is 22.0. The first-order valence-corrected chi connectivity index (χ1v) is 10.6. The molecule has 3 heterocycles. The number of piperazine rings is 1. The van der Waals surface area contributed by atoms with Gasteiger partial charge in [0.15, 0.2) is 0 Å². The van der Waals surface area contributed by atoms with Gasteiger partial charge in [-0.1, -0.05) is 41.9 Å². The van der Waals surface area contributed by atoms with Gasteiger partial charge in [0, 0.05) is 32.0 Å². The zero-order valence-corrected chi connectivity index (χ0v) is 17.3. The standard InChI is InChI=1S/C23H23ClN4O2/c24-21-8-7-18(28-10-4-9-25-28)13-20(21)23(29)26-11-12-27-19(14-26)15-30-16-22(27)17-5-2-1-3-6-17/h1-10,13,19,22H,11-12,14-16H2/t19-,22-/m1/s1. The summed E-state index contributed by atoms with van der Waals surface area (Å²) in [5.41, 5.74) is 2.59. The highest BCUT2D eigenvalue weighted by molar-refractivity contribution is 6.33. The molecule has 2 aliphatic rings. The highest BCUT2D eigenvalue weighted by Crippen LogP contribution is 2.30. The van der Waals surface area contributed by atoms with Crippen LogP contribution in [-0.2, 0) is 4.74 Å². The second-order valence-electron chi connectivity index (χ2n) is 7.72. The number of nitrogens with zero attached hydrogens (tertiary/aromatic N) is 4. The summed E-state index contributed by atoms with van der Waals surface area (Å²) in [5.74, 6) is -0.0458. The smallest absolute Gasteiger partial charge is 0.255 e. The van der Waals surface area contributed by atoms with Crippen molar-refractivity contribution in [2.75, 3.05) is 32.8 Å². The third-order valence-electron chi connectivity index (χ3n) is 5.94. The van der Waals surface area contributed by atoms with Gasteiger partial charge in [0.1, 0.15) is 0 Å². The second kappa shape index (κ2) is 8.22. The van der Waals surface area contributed by atoms with Gasteiger partial charge in [0.05, 0.1) is 41.6 Å². The van der Waals surface area contributed by atoms with E-state index in [1.807, 2.05) is 35.4 Å². The number of carbonyl (C=O) groups is 1. The Hall–Kier alpha value is -2.67. The number of hydrogen-bond acceptors (Lipinski definition) is 4. The quantitative estimate of drug-likeness (QED) is 0.649. The molecule has 2 saturated heterocycles. The average Bonchev–Trinajstić information content (AvgIpc) is 3.34. The van der Waals surface area contributed by atoms with E-state index < -0.39 is 0 Å². The maximum absolute atomic E-state index is 13.3. The Balaban J connectivity index is 1.35. The van der Waals surface area contributed by atoms with Crippen LogP contribution in [0.25, 0.3) is 5.69 Å². The zero-order chi connectivity index (χ0) is 20.5. The molecule has 5 rings (SSSR count). The van der Waals surface area contributed by atoms with Crippen LogP contribution in [0.4, 0.5) is 0 Å². The summed E-state index contributed by atoms with van der Waals surface area (Å²) in [6.07, 6.45) is 3.56. The van der Waals surface area contributed by atoms with Crippen molar-refractivity contribution in [2.45, 2.75) is 12.1 Å². The molecule has 1 amide bonds. The molecule has 0 aliphatic carbocycles. The van der Waals surface area contributed by atoms with Gasteiger partial charge in [0.2, 0.25) is 0 Å². The van der Waals surface area contributed by atoms with Crippen molar-refractivity contribution in [1.82, 2.24) is 19.6 Å². The van der Waals surface area contributed by atoms with E-state index in [0.717, 1.165) is 12.2 Å². The molecule has 0 N–H and O–H groups in total. The van der Waals surface area contributed by atoms with Gasteiger partial charge in [-0.15, -0.1) is 0 Å². The van der Waals surface area contributed by atoms with Gasteiger partial charge in [-0.25, -0.2) is 4.68 Å². The van der Waals surface area contributed by atoms with Crippen LogP contribution in [0.3, 0.4) is 0 Å². The van der Waals surface area contributed by atoms with Crippen LogP contribution in [0.5, 0.6) is 0 Å². The lowest BCUT2D eigenvalue weighted by Gasteiger charge is -2.48. The van der Waals surface area contributed by atoms with Crippen LogP contribution in [0.1, 0.15) is 22.0 Å². The van der Waals surface area contributed by atoms with Crippen LogP contribution in [0.15, 0.2) is 67.0 Å². The van der Waals surface area contributed by atoms with E-state index in [-0.39, 0.29) is 18.0 Å². The molecule has 3 aromatic rings. The highest BCUT2D eigenvalue weighted by atomic mass is 35.5. The predicted molar refractivity (Wildman–Crippen MR) is 115 cm³/mol. The molecule has 0 radical (unpaired) electrons. The molecular weight excluding hydrogens is 400 g/mol. The molecule has 30 heavy (non-hydrogen) atoms. The van der Waals surface area contributed by atoms with E-state index in [0.29, 0.717) is 36.9 Å². The summed E-state index contributed by atoms with van der Waals surface area (Å²) in [7, 11) is 0. The Kier molecular flexibility index (Phi) is 5.29.